The van der Waals surface area contributed by atoms with E-state index in [1.54, 1.807) is 39.0 Å². The van der Waals surface area contributed by atoms with Gasteiger partial charge in [0.25, 0.3) is 0 Å². The van der Waals surface area contributed by atoms with E-state index in [1.165, 1.54) is 7.11 Å². The number of anilines is 1. The van der Waals surface area contributed by atoms with Gasteiger partial charge in [0.05, 0.1) is 7.11 Å². The predicted molar refractivity (Wildman–Crippen MR) is 87.8 cm³/mol. The van der Waals surface area contributed by atoms with Crippen molar-refractivity contribution in [1.82, 2.24) is 0 Å². The third-order valence-electron chi connectivity index (χ3n) is 4.02. The van der Waals surface area contributed by atoms with Crippen molar-refractivity contribution in [3.8, 4) is 5.75 Å². The van der Waals surface area contributed by atoms with E-state index < -0.39 is 23.0 Å². The Hall–Kier alpha value is -1.89. The number of nitrogens with one attached hydrogen (secondary N) is 1. The van der Waals surface area contributed by atoms with Crippen LogP contribution in [-0.4, -0.2) is 31.3 Å². The summed E-state index contributed by atoms with van der Waals surface area (Å²) in [6.45, 7) is 5.29. The first-order valence-electron chi connectivity index (χ1n) is 7.77. The highest BCUT2D eigenvalue weighted by Gasteiger charge is 2.57. The number of carbonyl (C=O) groups is 1. The average Bonchev–Trinajstić information content (AvgIpc) is 2.42. The van der Waals surface area contributed by atoms with Gasteiger partial charge in [0.15, 0.2) is 0 Å². The van der Waals surface area contributed by atoms with Crippen molar-refractivity contribution in [2.24, 2.45) is 5.73 Å². The number of hydrogen-bond donors (Lipinski definition) is 2. The fourth-order valence-corrected chi connectivity index (χ4v) is 2.99. The fraction of sp³-hybridized carbons (Fsp3) is 0.588. The molecule has 0 heterocycles. The van der Waals surface area contributed by atoms with Gasteiger partial charge < -0.3 is 15.2 Å². The molecule has 1 aliphatic carbocycles. The SMILES string of the molecule is COc1ccc(NC(=O)OC(C)(C)C)c(C2(CN)CC(F)(F)C2)c1. The summed E-state index contributed by atoms with van der Waals surface area (Å²) in [6, 6.07) is 4.91. The summed E-state index contributed by atoms with van der Waals surface area (Å²) in [5.41, 5.74) is 5.20. The van der Waals surface area contributed by atoms with Gasteiger partial charge in [0.2, 0.25) is 5.92 Å². The maximum absolute atomic E-state index is 13.5. The minimum absolute atomic E-state index is 0.0543. The number of carbonyl (C=O) groups excluding carboxylic acids is 1. The van der Waals surface area contributed by atoms with Gasteiger partial charge in [0, 0.05) is 30.5 Å². The maximum Gasteiger partial charge on any atom is 0.412 e. The van der Waals surface area contributed by atoms with Crippen molar-refractivity contribution in [2.75, 3.05) is 19.0 Å². The van der Waals surface area contributed by atoms with Crippen LogP contribution >= 0.6 is 0 Å². The lowest BCUT2D eigenvalue weighted by molar-refractivity contribution is -0.123. The van der Waals surface area contributed by atoms with Gasteiger partial charge in [-0.3, -0.25) is 5.32 Å². The van der Waals surface area contributed by atoms with Crippen LogP contribution in [0.5, 0.6) is 5.75 Å². The largest absolute Gasteiger partial charge is 0.497 e. The van der Waals surface area contributed by atoms with Crippen LogP contribution in [0.25, 0.3) is 0 Å². The number of nitrogens with two attached hydrogens (primary N) is 1. The molecular weight excluding hydrogens is 318 g/mol. The number of alkyl halides is 2. The van der Waals surface area contributed by atoms with Crippen LogP contribution in [0.1, 0.15) is 39.2 Å². The second kappa shape index (κ2) is 6.20. The molecule has 3 N–H and O–H groups in total. The van der Waals surface area contributed by atoms with Crippen molar-refractivity contribution in [3.05, 3.63) is 23.8 Å². The van der Waals surface area contributed by atoms with Gasteiger partial charge in [-0.2, -0.15) is 0 Å². The number of halogens is 2. The van der Waals surface area contributed by atoms with Gasteiger partial charge >= 0.3 is 6.09 Å². The molecule has 134 valence electrons. The van der Waals surface area contributed by atoms with Crippen LogP contribution < -0.4 is 15.8 Å². The van der Waals surface area contributed by atoms with Gasteiger partial charge in [0.1, 0.15) is 11.4 Å². The number of amides is 1. The molecule has 24 heavy (non-hydrogen) atoms. The Morgan fingerprint density at radius 2 is 1.96 bits per heavy atom. The quantitative estimate of drug-likeness (QED) is 0.876. The number of rotatable bonds is 4. The highest BCUT2D eigenvalue weighted by molar-refractivity contribution is 5.86. The van der Waals surface area contributed by atoms with E-state index in [1.807, 2.05) is 0 Å². The number of benzene rings is 1. The zero-order valence-corrected chi connectivity index (χ0v) is 14.4. The Morgan fingerprint density at radius 1 is 1.33 bits per heavy atom. The molecule has 0 aromatic heterocycles. The lowest BCUT2D eigenvalue weighted by Crippen LogP contribution is -2.54. The molecule has 0 bridgehead atoms. The first-order valence-corrected chi connectivity index (χ1v) is 7.77. The summed E-state index contributed by atoms with van der Waals surface area (Å²) in [5, 5.41) is 2.64. The normalized spacial score (nSPS) is 18.5. The van der Waals surface area contributed by atoms with Crippen molar-refractivity contribution >= 4 is 11.8 Å². The molecule has 0 spiro atoms. The lowest BCUT2D eigenvalue weighted by Gasteiger charge is -2.47. The van der Waals surface area contributed by atoms with Gasteiger partial charge in [-0.05, 0) is 44.5 Å². The number of ether oxygens (including phenoxy) is 2. The van der Waals surface area contributed by atoms with Crippen molar-refractivity contribution in [3.63, 3.8) is 0 Å². The summed E-state index contributed by atoms with van der Waals surface area (Å²) in [5.74, 6) is -2.23. The van der Waals surface area contributed by atoms with Crippen LogP contribution in [0.15, 0.2) is 18.2 Å². The van der Waals surface area contributed by atoms with E-state index >= 15 is 0 Å². The predicted octanol–water partition coefficient (Wildman–Crippen LogP) is 3.67. The summed E-state index contributed by atoms with van der Waals surface area (Å²) >= 11 is 0. The van der Waals surface area contributed by atoms with Gasteiger partial charge in [-0.1, -0.05) is 0 Å². The molecule has 0 atom stereocenters. The first-order chi connectivity index (χ1) is 11.0. The van der Waals surface area contributed by atoms with Crippen molar-refractivity contribution in [2.45, 2.75) is 50.6 Å². The third-order valence-corrected chi connectivity index (χ3v) is 4.02. The molecule has 7 heteroatoms. The van der Waals surface area contributed by atoms with E-state index in [-0.39, 0.29) is 19.4 Å². The molecule has 0 aliphatic heterocycles. The second-order valence-corrected chi connectivity index (χ2v) is 7.23. The van der Waals surface area contributed by atoms with E-state index in [4.69, 9.17) is 15.2 Å². The minimum Gasteiger partial charge on any atom is -0.497 e. The molecule has 0 radical (unpaired) electrons. The van der Waals surface area contributed by atoms with Crippen LogP contribution in [-0.2, 0) is 10.2 Å². The number of methoxy groups -OCH3 is 1. The highest BCUT2D eigenvalue weighted by atomic mass is 19.3. The Bertz CT molecular complexity index is 619. The molecule has 1 aromatic rings. The molecule has 1 fully saturated rings. The Kier molecular flexibility index (Phi) is 4.77. The van der Waals surface area contributed by atoms with Crippen LogP contribution in [0.4, 0.5) is 19.3 Å². The van der Waals surface area contributed by atoms with Crippen LogP contribution in [0.3, 0.4) is 0 Å². The topological polar surface area (TPSA) is 73.6 Å². The number of hydrogen-bond acceptors (Lipinski definition) is 4. The van der Waals surface area contributed by atoms with Crippen LogP contribution in [0.2, 0.25) is 0 Å². The lowest BCUT2D eigenvalue weighted by atomic mass is 9.61. The summed E-state index contributed by atoms with van der Waals surface area (Å²) in [6.07, 6.45) is -1.36. The van der Waals surface area contributed by atoms with E-state index in [0.29, 0.717) is 17.0 Å². The summed E-state index contributed by atoms with van der Waals surface area (Å²) < 4.78 is 37.4. The van der Waals surface area contributed by atoms with Crippen molar-refractivity contribution < 1.29 is 23.0 Å². The smallest absolute Gasteiger partial charge is 0.412 e. The van der Waals surface area contributed by atoms with E-state index in [9.17, 15) is 13.6 Å². The zero-order valence-electron chi connectivity index (χ0n) is 14.4. The molecule has 1 aliphatic rings. The van der Waals surface area contributed by atoms with Gasteiger partial charge in [-0.25, -0.2) is 13.6 Å². The minimum atomic E-state index is -2.74. The second-order valence-electron chi connectivity index (χ2n) is 7.23. The molecule has 0 unspecified atom stereocenters. The molecule has 2 rings (SSSR count). The molecule has 5 nitrogen and oxygen atoms in total. The third kappa shape index (κ3) is 3.95. The summed E-state index contributed by atoms with van der Waals surface area (Å²) in [7, 11) is 1.49. The highest BCUT2D eigenvalue weighted by Crippen LogP contribution is 2.54. The Morgan fingerprint density at radius 3 is 2.42 bits per heavy atom. The van der Waals surface area contributed by atoms with E-state index in [2.05, 4.69) is 5.32 Å². The van der Waals surface area contributed by atoms with E-state index in [0.717, 1.165) is 0 Å². The fourth-order valence-electron chi connectivity index (χ4n) is 2.99. The monoisotopic (exact) mass is 342 g/mol. The molecule has 1 amide bonds. The average molecular weight is 342 g/mol. The maximum atomic E-state index is 13.5. The standard InChI is InChI=1S/C17H24F2N2O3/c1-15(2,3)24-14(22)21-13-6-5-11(23-4)7-12(13)16(10-20)8-17(18,19)9-16/h5-7H,8-10,20H2,1-4H3,(H,21,22). The Balaban J connectivity index is 2.34. The van der Waals surface area contributed by atoms with Gasteiger partial charge in [-0.15, -0.1) is 0 Å². The first kappa shape index (κ1) is 18.4. The molecule has 0 saturated heterocycles. The molecule has 1 aromatic carbocycles. The van der Waals surface area contributed by atoms with Crippen molar-refractivity contribution in [1.29, 1.82) is 0 Å². The molecular formula is C17H24F2N2O3. The Labute approximate surface area is 140 Å². The molecule has 1 saturated carbocycles. The zero-order chi connectivity index (χ0) is 18.2. The summed E-state index contributed by atoms with van der Waals surface area (Å²) in [4.78, 5) is 12.0. The van der Waals surface area contributed by atoms with Crippen LogP contribution in [0, 0.1) is 0 Å².